The lowest BCUT2D eigenvalue weighted by Gasteiger charge is -2.13. The summed E-state index contributed by atoms with van der Waals surface area (Å²) in [6.45, 7) is 3.49. The van der Waals surface area contributed by atoms with Crippen LogP contribution >= 0.6 is 0 Å². The third-order valence-electron chi connectivity index (χ3n) is 4.88. The minimum Gasteiger partial charge on any atom is -0.493 e. The Morgan fingerprint density at radius 1 is 1.13 bits per heavy atom. The molecule has 0 aliphatic rings. The van der Waals surface area contributed by atoms with Crippen molar-refractivity contribution in [3.05, 3.63) is 74.6 Å². The third-order valence-corrected chi connectivity index (χ3v) is 4.88. The Kier molecular flexibility index (Phi) is 5.87. The average Bonchev–Trinajstić information content (AvgIpc) is 2.67. The highest BCUT2D eigenvalue weighted by molar-refractivity contribution is 5.86. The van der Waals surface area contributed by atoms with Gasteiger partial charge in [0.15, 0.2) is 0 Å². The molecule has 0 spiro atoms. The summed E-state index contributed by atoms with van der Waals surface area (Å²) in [6, 6.07) is 8.39. The summed E-state index contributed by atoms with van der Waals surface area (Å²) in [5.41, 5.74) is 0.531. The molecule has 0 aliphatic carbocycles. The fraction of sp³-hybridized carbons (Fsp3) is 0.273. The van der Waals surface area contributed by atoms with E-state index < -0.39 is 29.8 Å². The third kappa shape index (κ3) is 4.48. The lowest BCUT2D eigenvalue weighted by Crippen LogP contribution is -2.15. The van der Waals surface area contributed by atoms with Crippen LogP contribution in [0.4, 0.5) is 13.2 Å². The molecule has 0 atom stereocenters. The quantitative estimate of drug-likeness (QED) is 0.586. The van der Waals surface area contributed by atoms with E-state index >= 15 is 0 Å². The number of carbonyl (C=O) groups is 1. The van der Waals surface area contributed by atoms with Crippen molar-refractivity contribution in [2.45, 2.75) is 32.9 Å². The van der Waals surface area contributed by atoms with Gasteiger partial charge in [0, 0.05) is 17.4 Å². The fourth-order valence-corrected chi connectivity index (χ4v) is 3.26. The van der Waals surface area contributed by atoms with Crippen LogP contribution in [0.1, 0.15) is 27.8 Å². The van der Waals surface area contributed by atoms with E-state index in [9.17, 15) is 22.8 Å². The van der Waals surface area contributed by atoms with Gasteiger partial charge in [-0.05, 0) is 43.2 Å². The van der Waals surface area contributed by atoms with Crippen LogP contribution in [0.5, 0.6) is 5.75 Å². The number of hydrogen-bond donors (Lipinski definition) is 1. The highest BCUT2D eigenvalue weighted by Crippen LogP contribution is 2.31. The van der Waals surface area contributed by atoms with Gasteiger partial charge in [-0.3, -0.25) is 4.79 Å². The van der Waals surface area contributed by atoms with Crippen molar-refractivity contribution >= 4 is 16.9 Å². The van der Waals surface area contributed by atoms with Crippen LogP contribution < -0.4 is 10.4 Å². The van der Waals surface area contributed by atoms with Crippen LogP contribution in [0.3, 0.4) is 0 Å². The maximum atomic E-state index is 12.8. The first-order valence-electron chi connectivity index (χ1n) is 9.14. The Morgan fingerprint density at radius 3 is 2.53 bits per heavy atom. The summed E-state index contributed by atoms with van der Waals surface area (Å²) in [4.78, 5) is 23.2. The fourth-order valence-electron chi connectivity index (χ4n) is 3.26. The van der Waals surface area contributed by atoms with Gasteiger partial charge in [-0.1, -0.05) is 18.2 Å². The number of halogens is 3. The number of rotatable bonds is 6. The van der Waals surface area contributed by atoms with Gasteiger partial charge >= 0.3 is 17.8 Å². The van der Waals surface area contributed by atoms with Crippen LogP contribution in [-0.2, 0) is 23.8 Å². The number of benzene rings is 2. The minimum atomic E-state index is -4.40. The van der Waals surface area contributed by atoms with Gasteiger partial charge < -0.3 is 14.3 Å². The largest absolute Gasteiger partial charge is 0.493 e. The van der Waals surface area contributed by atoms with E-state index in [2.05, 4.69) is 0 Å². The predicted octanol–water partition coefficient (Wildman–Crippen LogP) is 4.68. The molecule has 0 unspecified atom stereocenters. The smallest absolute Gasteiger partial charge is 0.416 e. The number of aliphatic carboxylic acids is 1. The molecule has 2 aromatic carbocycles. The predicted molar refractivity (Wildman–Crippen MR) is 104 cm³/mol. The Hall–Kier alpha value is -3.29. The van der Waals surface area contributed by atoms with Crippen LogP contribution in [0, 0.1) is 13.8 Å². The highest BCUT2D eigenvalue weighted by atomic mass is 19.4. The van der Waals surface area contributed by atoms with E-state index in [-0.39, 0.29) is 18.6 Å². The monoisotopic (exact) mass is 420 g/mol. The number of aryl methyl sites for hydroxylation is 2. The van der Waals surface area contributed by atoms with E-state index in [4.69, 9.17) is 14.3 Å². The van der Waals surface area contributed by atoms with E-state index in [1.54, 1.807) is 32.0 Å². The second kappa shape index (κ2) is 8.22. The molecule has 5 nitrogen and oxygen atoms in total. The summed E-state index contributed by atoms with van der Waals surface area (Å²) in [7, 11) is 0. The van der Waals surface area contributed by atoms with Gasteiger partial charge in [-0.15, -0.1) is 0 Å². The molecular weight excluding hydrogens is 401 g/mol. The van der Waals surface area contributed by atoms with Crippen molar-refractivity contribution in [1.82, 2.24) is 0 Å². The van der Waals surface area contributed by atoms with Crippen molar-refractivity contribution < 1.29 is 32.2 Å². The van der Waals surface area contributed by atoms with Crippen molar-refractivity contribution in [3.63, 3.8) is 0 Å². The minimum absolute atomic E-state index is 0.0904. The standard InChI is InChI=1S/C22H19F3O5/c1-12-16-6-7-18(13(2)20(16)30-21(28)17(12)11-19(26)27)29-9-8-14-4-3-5-15(10-14)22(23,24)25/h3-7,10H,8-9,11H2,1-2H3,(H,26,27). The summed E-state index contributed by atoms with van der Waals surface area (Å²) < 4.78 is 49.5. The van der Waals surface area contributed by atoms with Gasteiger partial charge in [0.1, 0.15) is 11.3 Å². The first-order valence-corrected chi connectivity index (χ1v) is 9.14. The number of fused-ring (bicyclic) bond motifs is 1. The zero-order valence-corrected chi connectivity index (χ0v) is 16.3. The van der Waals surface area contributed by atoms with Gasteiger partial charge in [0.05, 0.1) is 24.2 Å². The number of carboxylic acids is 1. The molecular formula is C22H19F3O5. The second-order valence-electron chi connectivity index (χ2n) is 6.93. The van der Waals surface area contributed by atoms with Crippen LogP contribution in [0.25, 0.3) is 11.0 Å². The normalized spacial score (nSPS) is 11.6. The van der Waals surface area contributed by atoms with Crippen LogP contribution in [-0.4, -0.2) is 17.7 Å². The molecule has 0 aliphatic heterocycles. The Labute approximate surface area is 169 Å². The van der Waals surface area contributed by atoms with Crippen molar-refractivity contribution in [2.24, 2.45) is 0 Å². The maximum absolute atomic E-state index is 12.8. The van der Waals surface area contributed by atoms with E-state index in [1.165, 1.54) is 6.07 Å². The number of alkyl halides is 3. The SMILES string of the molecule is Cc1c(CC(=O)O)c(=O)oc2c(C)c(OCCc3cccc(C(F)(F)F)c3)ccc12. The summed E-state index contributed by atoms with van der Waals surface area (Å²) in [5, 5.41) is 9.58. The Morgan fingerprint density at radius 2 is 1.87 bits per heavy atom. The first kappa shape index (κ1) is 21.4. The molecule has 3 aromatic rings. The van der Waals surface area contributed by atoms with Crippen molar-refractivity contribution in [3.8, 4) is 5.75 Å². The number of hydrogen-bond acceptors (Lipinski definition) is 4. The molecule has 3 rings (SSSR count). The van der Waals surface area contributed by atoms with Crippen molar-refractivity contribution in [2.75, 3.05) is 6.61 Å². The summed E-state index contributed by atoms with van der Waals surface area (Å²) in [5.74, 6) is -0.695. The molecule has 0 saturated heterocycles. The maximum Gasteiger partial charge on any atom is 0.416 e. The van der Waals surface area contributed by atoms with Gasteiger partial charge in [0.25, 0.3) is 0 Å². The lowest BCUT2D eigenvalue weighted by atomic mass is 10.0. The zero-order chi connectivity index (χ0) is 22.1. The molecule has 0 saturated carbocycles. The average molecular weight is 420 g/mol. The molecule has 1 heterocycles. The molecule has 0 bridgehead atoms. The second-order valence-corrected chi connectivity index (χ2v) is 6.93. The molecule has 0 radical (unpaired) electrons. The van der Waals surface area contributed by atoms with Gasteiger partial charge in [-0.2, -0.15) is 13.2 Å². The van der Waals surface area contributed by atoms with E-state index in [0.717, 1.165) is 12.1 Å². The molecule has 1 N–H and O–H groups in total. The molecule has 30 heavy (non-hydrogen) atoms. The van der Waals surface area contributed by atoms with Crippen LogP contribution in [0.15, 0.2) is 45.6 Å². The van der Waals surface area contributed by atoms with Gasteiger partial charge in [0.2, 0.25) is 0 Å². The highest BCUT2D eigenvalue weighted by Gasteiger charge is 2.30. The Balaban J connectivity index is 1.82. The van der Waals surface area contributed by atoms with E-state index in [0.29, 0.717) is 33.4 Å². The molecule has 0 fully saturated rings. The number of ether oxygens (including phenoxy) is 1. The lowest BCUT2D eigenvalue weighted by molar-refractivity contribution is -0.138. The zero-order valence-electron chi connectivity index (χ0n) is 16.3. The molecule has 8 heteroatoms. The van der Waals surface area contributed by atoms with Gasteiger partial charge in [-0.25, -0.2) is 4.79 Å². The molecule has 0 amide bonds. The van der Waals surface area contributed by atoms with E-state index in [1.807, 2.05) is 0 Å². The summed E-state index contributed by atoms with van der Waals surface area (Å²) >= 11 is 0. The van der Waals surface area contributed by atoms with Crippen LogP contribution in [0.2, 0.25) is 0 Å². The number of carboxylic acid groups (broad SMARTS) is 1. The molecule has 158 valence electrons. The molecule has 1 aromatic heterocycles. The summed E-state index contributed by atoms with van der Waals surface area (Å²) in [6.07, 6.45) is -4.57. The van der Waals surface area contributed by atoms with Crippen molar-refractivity contribution in [1.29, 1.82) is 0 Å². The first-order chi connectivity index (χ1) is 14.1. The Bertz CT molecular complexity index is 1160. The topological polar surface area (TPSA) is 76.7 Å².